The van der Waals surface area contributed by atoms with Crippen LogP contribution >= 0.6 is 0 Å². The Bertz CT molecular complexity index is 817. The number of sulfonamides is 1. The van der Waals surface area contributed by atoms with E-state index in [1.54, 1.807) is 28.6 Å². The van der Waals surface area contributed by atoms with Gasteiger partial charge in [0.05, 0.1) is 4.90 Å². The van der Waals surface area contributed by atoms with E-state index in [0.29, 0.717) is 18.0 Å². The highest BCUT2D eigenvalue weighted by Gasteiger charge is 2.28. The normalized spacial score (nSPS) is 17.3. The number of piperazine rings is 1. The minimum Gasteiger partial charge on any atom is -0.296 e. The predicted octanol–water partition coefficient (Wildman–Crippen LogP) is 3.49. The quantitative estimate of drug-likeness (QED) is 0.825. The molecule has 5 heteroatoms. The van der Waals surface area contributed by atoms with Crippen molar-refractivity contribution in [1.29, 1.82) is 0 Å². The van der Waals surface area contributed by atoms with Gasteiger partial charge in [-0.1, -0.05) is 63.2 Å². The Labute approximate surface area is 157 Å². The van der Waals surface area contributed by atoms with Crippen LogP contribution in [0.1, 0.15) is 31.9 Å². The van der Waals surface area contributed by atoms with Gasteiger partial charge in [0.15, 0.2) is 0 Å². The summed E-state index contributed by atoms with van der Waals surface area (Å²) in [6, 6.07) is 17.5. The van der Waals surface area contributed by atoms with E-state index in [0.717, 1.165) is 19.6 Å². The zero-order valence-corrected chi connectivity index (χ0v) is 16.7. The molecular weight excluding hydrogens is 344 g/mol. The van der Waals surface area contributed by atoms with Crippen molar-refractivity contribution in [3.8, 4) is 0 Å². The minimum absolute atomic E-state index is 0.163. The van der Waals surface area contributed by atoms with E-state index >= 15 is 0 Å². The molecule has 0 aliphatic carbocycles. The molecule has 1 aliphatic heterocycles. The zero-order chi connectivity index (χ0) is 18.8. The fraction of sp³-hybridized carbons (Fsp3) is 0.429. The number of hydrogen-bond donors (Lipinski definition) is 0. The lowest BCUT2D eigenvalue weighted by molar-refractivity contribution is 0.181. The highest BCUT2D eigenvalue weighted by Crippen LogP contribution is 2.23. The molecule has 2 aromatic rings. The molecule has 1 heterocycles. The summed E-state index contributed by atoms with van der Waals surface area (Å²) in [6.07, 6.45) is 0. The summed E-state index contributed by atoms with van der Waals surface area (Å²) in [7, 11) is -3.37. The van der Waals surface area contributed by atoms with E-state index in [1.807, 2.05) is 6.07 Å². The van der Waals surface area contributed by atoms with Crippen LogP contribution in [0.5, 0.6) is 0 Å². The van der Waals surface area contributed by atoms with Gasteiger partial charge >= 0.3 is 0 Å². The first-order valence-corrected chi connectivity index (χ1v) is 10.6. The van der Waals surface area contributed by atoms with Crippen molar-refractivity contribution in [2.24, 2.45) is 0 Å². The Morgan fingerprint density at radius 1 is 0.846 bits per heavy atom. The van der Waals surface area contributed by atoms with E-state index < -0.39 is 10.0 Å². The summed E-state index contributed by atoms with van der Waals surface area (Å²) in [6.45, 7) is 10.1. The predicted molar refractivity (Wildman–Crippen MR) is 106 cm³/mol. The van der Waals surface area contributed by atoms with Crippen LogP contribution in [0, 0.1) is 0 Å². The topological polar surface area (TPSA) is 40.6 Å². The summed E-state index contributed by atoms with van der Waals surface area (Å²) in [5.74, 6) is 0. The second kappa shape index (κ2) is 7.51. The standard InChI is InChI=1S/C21H28N2O2S/c1-21(2,3)19-11-9-18(10-12-19)17-22-13-15-23(16-14-22)26(24,25)20-7-5-4-6-8-20/h4-12H,13-17H2,1-3H3. The van der Waals surface area contributed by atoms with Gasteiger partial charge in [0, 0.05) is 32.7 Å². The first kappa shape index (κ1) is 19.1. The van der Waals surface area contributed by atoms with Crippen LogP contribution in [-0.2, 0) is 22.0 Å². The van der Waals surface area contributed by atoms with Crippen molar-refractivity contribution in [2.75, 3.05) is 26.2 Å². The lowest BCUT2D eigenvalue weighted by atomic mass is 9.87. The van der Waals surface area contributed by atoms with E-state index in [2.05, 4.69) is 49.9 Å². The molecule has 140 valence electrons. The molecule has 3 rings (SSSR count). The fourth-order valence-corrected chi connectivity index (χ4v) is 4.68. The van der Waals surface area contributed by atoms with Crippen LogP contribution in [0.4, 0.5) is 0 Å². The van der Waals surface area contributed by atoms with Gasteiger partial charge in [-0.3, -0.25) is 4.90 Å². The smallest absolute Gasteiger partial charge is 0.243 e. The average molecular weight is 373 g/mol. The molecule has 0 atom stereocenters. The third kappa shape index (κ3) is 4.34. The van der Waals surface area contributed by atoms with Gasteiger partial charge in [-0.05, 0) is 28.7 Å². The molecule has 1 aliphatic rings. The second-order valence-electron chi connectivity index (χ2n) is 7.94. The highest BCUT2D eigenvalue weighted by atomic mass is 32.2. The summed E-state index contributed by atoms with van der Waals surface area (Å²) < 4.78 is 27.0. The van der Waals surface area contributed by atoms with E-state index in [-0.39, 0.29) is 5.41 Å². The summed E-state index contributed by atoms with van der Waals surface area (Å²) in [5, 5.41) is 0. The first-order valence-electron chi connectivity index (χ1n) is 9.14. The van der Waals surface area contributed by atoms with Gasteiger partial charge < -0.3 is 0 Å². The molecule has 0 spiro atoms. The molecule has 0 amide bonds. The van der Waals surface area contributed by atoms with Crippen LogP contribution < -0.4 is 0 Å². The molecule has 1 saturated heterocycles. The number of hydrogen-bond acceptors (Lipinski definition) is 3. The SMILES string of the molecule is CC(C)(C)c1ccc(CN2CCN(S(=O)(=O)c3ccccc3)CC2)cc1. The van der Waals surface area contributed by atoms with Crippen molar-refractivity contribution < 1.29 is 8.42 Å². The molecule has 0 N–H and O–H groups in total. The van der Waals surface area contributed by atoms with Gasteiger partial charge in [0.25, 0.3) is 0 Å². The van der Waals surface area contributed by atoms with Gasteiger partial charge in [-0.15, -0.1) is 0 Å². The number of benzene rings is 2. The summed E-state index contributed by atoms with van der Waals surface area (Å²) >= 11 is 0. The summed E-state index contributed by atoms with van der Waals surface area (Å²) in [5.41, 5.74) is 2.77. The van der Waals surface area contributed by atoms with Crippen LogP contribution in [0.3, 0.4) is 0 Å². The largest absolute Gasteiger partial charge is 0.296 e. The van der Waals surface area contributed by atoms with Gasteiger partial charge in [0.2, 0.25) is 10.0 Å². The lowest BCUT2D eigenvalue weighted by Crippen LogP contribution is -2.48. The molecule has 4 nitrogen and oxygen atoms in total. The molecule has 1 fully saturated rings. The highest BCUT2D eigenvalue weighted by molar-refractivity contribution is 7.89. The van der Waals surface area contributed by atoms with Crippen LogP contribution in [-0.4, -0.2) is 43.8 Å². The van der Waals surface area contributed by atoms with Crippen molar-refractivity contribution in [3.63, 3.8) is 0 Å². The molecule has 0 aromatic heterocycles. The first-order chi connectivity index (χ1) is 12.3. The molecule has 0 bridgehead atoms. The molecule has 0 saturated carbocycles. The molecule has 26 heavy (non-hydrogen) atoms. The van der Waals surface area contributed by atoms with Crippen molar-refractivity contribution in [1.82, 2.24) is 9.21 Å². The monoisotopic (exact) mass is 372 g/mol. The van der Waals surface area contributed by atoms with E-state index in [4.69, 9.17) is 0 Å². The Morgan fingerprint density at radius 2 is 1.42 bits per heavy atom. The third-order valence-electron chi connectivity index (χ3n) is 4.94. The third-order valence-corrected chi connectivity index (χ3v) is 6.85. The van der Waals surface area contributed by atoms with E-state index in [1.165, 1.54) is 11.1 Å². The molecular formula is C21H28N2O2S. The van der Waals surface area contributed by atoms with Crippen LogP contribution in [0.15, 0.2) is 59.5 Å². The molecule has 0 radical (unpaired) electrons. The van der Waals surface area contributed by atoms with E-state index in [9.17, 15) is 8.42 Å². The summed E-state index contributed by atoms with van der Waals surface area (Å²) in [4.78, 5) is 2.70. The fourth-order valence-electron chi connectivity index (χ4n) is 3.24. The maximum absolute atomic E-state index is 12.7. The maximum Gasteiger partial charge on any atom is 0.243 e. The maximum atomic E-state index is 12.7. The van der Waals surface area contributed by atoms with Crippen LogP contribution in [0.25, 0.3) is 0 Å². The Balaban J connectivity index is 1.59. The Hall–Kier alpha value is -1.69. The van der Waals surface area contributed by atoms with Crippen LogP contribution in [0.2, 0.25) is 0 Å². The van der Waals surface area contributed by atoms with Crippen molar-refractivity contribution >= 4 is 10.0 Å². The van der Waals surface area contributed by atoms with Gasteiger partial charge in [-0.2, -0.15) is 4.31 Å². The number of nitrogens with zero attached hydrogens (tertiary/aromatic N) is 2. The Morgan fingerprint density at radius 3 is 1.96 bits per heavy atom. The van der Waals surface area contributed by atoms with Crippen molar-refractivity contribution in [3.05, 3.63) is 65.7 Å². The minimum atomic E-state index is -3.37. The molecule has 0 unspecified atom stereocenters. The second-order valence-corrected chi connectivity index (χ2v) is 9.88. The Kier molecular flexibility index (Phi) is 5.51. The zero-order valence-electron chi connectivity index (χ0n) is 15.9. The molecule has 2 aromatic carbocycles. The average Bonchev–Trinajstić information content (AvgIpc) is 2.63. The van der Waals surface area contributed by atoms with Crippen molar-refractivity contribution in [2.45, 2.75) is 37.6 Å². The van der Waals surface area contributed by atoms with Gasteiger partial charge in [0.1, 0.15) is 0 Å². The lowest BCUT2D eigenvalue weighted by Gasteiger charge is -2.34. The van der Waals surface area contributed by atoms with Gasteiger partial charge in [-0.25, -0.2) is 8.42 Å². The number of rotatable bonds is 4.